The molecule has 112 valence electrons. The Labute approximate surface area is 126 Å². The fourth-order valence-electron chi connectivity index (χ4n) is 1.89. The van der Waals surface area contributed by atoms with Crippen LogP contribution >= 0.6 is 12.6 Å². The van der Waals surface area contributed by atoms with Gasteiger partial charge in [-0.1, -0.05) is 0 Å². The maximum absolute atomic E-state index is 5.60. The van der Waals surface area contributed by atoms with Crippen molar-refractivity contribution in [3.63, 3.8) is 0 Å². The number of hydrogen-bond donors (Lipinski definition) is 4. The van der Waals surface area contributed by atoms with Gasteiger partial charge in [0.1, 0.15) is 5.82 Å². The largest absolute Gasteiger partial charge is 0.365 e. The first-order valence-electron chi connectivity index (χ1n) is 6.90. The highest BCUT2D eigenvalue weighted by Gasteiger charge is 2.22. The van der Waals surface area contributed by atoms with Crippen molar-refractivity contribution < 1.29 is 0 Å². The van der Waals surface area contributed by atoms with Crippen molar-refractivity contribution in [2.24, 2.45) is 5.73 Å². The van der Waals surface area contributed by atoms with Gasteiger partial charge in [0.15, 0.2) is 0 Å². The average Bonchev–Trinajstić information content (AvgIpc) is 2.33. The van der Waals surface area contributed by atoms with Gasteiger partial charge in [-0.05, 0) is 13.8 Å². The summed E-state index contributed by atoms with van der Waals surface area (Å²) in [6.07, 6.45) is 0. The summed E-state index contributed by atoms with van der Waals surface area (Å²) in [5.74, 6) is 1.53. The van der Waals surface area contributed by atoms with Crippen LogP contribution in [0.2, 0.25) is 0 Å². The van der Waals surface area contributed by atoms with E-state index in [0.717, 1.165) is 31.1 Å². The topological polar surface area (TPSA) is 79.1 Å². The third kappa shape index (κ3) is 3.74. The van der Waals surface area contributed by atoms with Crippen LogP contribution in [-0.2, 0) is 4.75 Å². The molecule has 1 saturated heterocycles. The molecular formula is C13H24N6S. The van der Waals surface area contributed by atoms with Gasteiger partial charge in [0.25, 0.3) is 0 Å². The summed E-state index contributed by atoms with van der Waals surface area (Å²) in [5, 5.41) is 6.66. The molecule has 1 aromatic heterocycles. The molecule has 0 aromatic carbocycles. The fraction of sp³-hybridized carbons (Fsp3) is 0.692. The lowest BCUT2D eigenvalue weighted by molar-refractivity contribution is 0.471. The number of aromatic nitrogens is 2. The molecule has 0 saturated carbocycles. The number of thiol groups is 1. The number of nitrogens with zero attached hydrogens (tertiary/aromatic N) is 3. The molecule has 1 fully saturated rings. The number of rotatable bonds is 6. The van der Waals surface area contributed by atoms with Gasteiger partial charge in [0.05, 0.1) is 11.7 Å². The van der Waals surface area contributed by atoms with Gasteiger partial charge < -0.3 is 21.3 Å². The van der Waals surface area contributed by atoms with E-state index >= 15 is 0 Å². The van der Waals surface area contributed by atoms with Gasteiger partial charge >= 0.3 is 0 Å². The fourth-order valence-corrected chi connectivity index (χ4v) is 2.00. The highest BCUT2D eigenvalue weighted by Crippen LogP contribution is 2.28. The maximum atomic E-state index is 5.60. The Bertz CT molecular complexity index is 455. The normalized spacial score (nSPS) is 15.8. The van der Waals surface area contributed by atoms with Crippen molar-refractivity contribution in [2.45, 2.75) is 24.6 Å². The van der Waals surface area contributed by atoms with E-state index in [4.69, 9.17) is 5.73 Å². The summed E-state index contributed by atoms with van der Waals surface area (Å²) in [4.78, 5) is 11.1. The molecule has 0 radical (unpaired) electrons. The molecule has 20 heavy (non-hydrogen) atoms. The van der Waals surface area contributed by atoms with E-state index in [1.165, 1.54) is 0 Å². The first kappa shape index (κ1) is 15.3. The second-order valence-corrected chi connectivity index (χ2v) is 6.83. The van der Waals surface area contributed by atoms with Gasteiger partial charge in [-0.3, -0.25) is 0 Å². The molecule has 1 aliphatic rings. The summed E-state index contributed by atoms with van der Waals surface area (Å²) < 4.78 is -0.310. The minimum atomic E-state index is -0.310. The summed E-state index contributed by atoms with van der Waals surface area (Å²) in [6.45, 7) is 7.29. The predicted octanol–water partition coefficient (Wildman–Crippen LogP) is 0.420. The molecule has 0 bridgehead atoms. The monoisotopic (exact) mass is 296 g/mol. The number of nitrogens with two attached hydrogens (primary N) is 1. The molecule has 1 aromatic rings. The summed E-state index contributed by atoms with van der Waals surface area (Å²) in [7, 11) is 1.95. The minimum Gasteiger partial charge on any atom is -0.365 e. The predicted molar refractivity (Wildman–Crippen MR) is 86.6 cm³/mol. The maximum Gasteiger partial charge on any atom is 0.227 e. The molecule has 4 N–H and O–H groups in total. The molecule has 0 aliphatic carbocycles. The highest BCUT2D eigenvalue weighted by molar-refractivity contribution is 7.81. The van der Waals surface area contributed by atoms with E-state index < -0.39 is 0 Å². The minimum absolute atomic E-state index is 0.310. The Morgan fingerprint density at radius 2 is 2.20 bits per heavy atom. The second kappa shape index (κ2) is 6.15. The van der Waals surface area contributed by atoms with Crippen LogP contribution in [0.3, 0.4) is 0 Å². The van der Waals surface area contributed by atoms with E-state index in [-0.39, 0.29) is 4.75 Å². The number of nitrogens with one attached hydrogen (secondary N) is 2. The van der Waals surface area contributed by atoms with Gasteiger partial charge in [0.2, 0.25) is 5.95 Å². The molecule has 2 rings (SSSR count). The Kier molecular flexibility index (Phi) is 4.72. The van der Waals surface area contributed by atoms with Crippen LogP contribution in [0.1, 0.15) is 19.5 Å². The standard InChI is InChI=1S/C13H24N6S/c1-13(2,20)10-6-11(16-9-7-15-8-9)18-12(17-10)19(3)5-4-14/h6,9,15,20H,4-5,7-8,14H2,1-3H3,(H,16,17,18). The molecule has 0 spiro atoms. The van der Waals surface area contributed by atoms with Gasteiger partial charge in [-0.2, -0.15) is 17.6 Å². The first-order chi connectivity index (χ1) is 9.40. The van der Waals surface area contributed by atoms with E-state index in [1.54, 1.807) is 0 Å². The molecule has 0 amide bonds. The van der Waals surface area contributed by atoms with Crippen LogP contribution in [0.4, 0.5) is 11.8 Å². The van der Waals surface area contributed by atoms with E-state index in [1.807, 2.05) is 31.9 Å². The van der Waals surface area contributed by atoms with Crippen molar-refractivity contribution in [3.8, 4) is 0 Å². The molecule has 1 aliphatic heterocycles. The molecular weight excluding hydrogens is 272 g/mol. The Hall–Kier alpha value is -1.05. The lowest BCUT2D eigenvalue weighted by Gasteiger charge is -2.29. The summed E-state index contributed by atoms with van der Waals surface area (Å²) in [5.41, 5.74) is 6.51. The molecule has 0 atom stereocenters. The quantitative estimate of drug-likeness (QED) is 0.570. The number of anilines is 2. The van der Waals surface area contributed by atoms with Gasteiger partial charge in [0, 0.05) is 44.0 Å². The summed E-state index contributed by atoms with van der Waals surface area (Å²) >= 11 is 4.61. The van der Waals surface area contributed by atoms with Crippen LogP contribution in [0.15, 0.2) is 6.07 Å². The third-order valence-electron chi connectivity index (χ3n) is 3.28. The van der Waals surface area contributed by atoms with Crippen LogP contribution in [-0.4, -0.2) is 49.2 Å². The Balaban J connectivity index is 2.27. The van der Waals surface area contributed by atoms with Crippen molar-refractivity contribution >= 4 is 24.4 Å². The van der Waals surface area contributed by atoms with Crippen molar-refractivity contribution in [3.05, 3.63) is 11.8 Å². The average molecular weight is 296 g/mol. The van der Waals surface area contributed by atoms with Crippen LogP contribution in [0, 0.1) is 0 Å². The highest BCUT2D eigenvalue weighted by atomic mass is 32.1. The number of hydrogen-bond acceptors (Lipinski definition) is 7. The lowest BCUT2D eigenvalue weighted by atomic mass is 10.1. The van der Waals surface area contributed by atoms with Crippen molar-refractivity contribution in [2.75, 3.05) is 43.4 Å². The van der Waals surface area contributed by atoms with Crippen LogP contribution < -0.4 is 21.3 Å². The van der Waals surface area contributed by atoms with Gasteiger partial charge in [-0.25, -0.2) is 4.98 Å². The van der Waals surface area contributed by atoms with E-state index in [0.29, 0.717) is 18.5 Å². The zero-order valence-electron chi connectivity index (χ0n) is 12.3. The molecule has 6 nitrogen and oxygen atoms in total. The lowest BCUT2D eigenvalue weighted by Crippen LogP contribution is -2.51. The molecule has 0 unspecified atom stereocenters. The SMILES string of the molecule is CN(CCN)c1nc(NC2CNC2)cc(C(C)(C)S)n1. The molecule has 7 heteroatoms. The second-order valence-electron chi connectivity index (χ2n) is 5.71. The zero-order chi connectivity index (χ0) is 14.8. The van der Waals surface area contributed by atoms with Gasteiger partial charge in [-0.15, -0.1) is 0 Å². The Morgan fingerprint density at radius 1 is 1.50 bits per heavy atom. The number of likely N-dealkylation sites (N-methyl/N-ethyl adjacent to an activating group) is 1. The van der Waals surface area contributed by atoms with E-state index in [9.17, 15) is 0 Å². The zero-order valence-corrected chi connectivity index (χ0v) is 13.2. The summed E-state index contributed by atoms with van der Waals surface area (Å²) in [6, 6.07) is 2.42. The first-order valence-corrected chi connectivity index (χ1v) is 7.35. The molecule has 2 heterocycles. The van der Waals surface area contributed by atoms with Crippen molar-refractivity contribution in [1.82, 2.24) is 15.3 Å². The van der Waals surface area contributed by atoms with Crippen LogP contribution in [0.25, 0.3) is 0 Å². The van der Waals surface area contributed by atoms with Crippen molar-refractivity contribution in [1.29, 1.82) is 0 Å². The Morgan fingerprint density at radius 3 is 2.70 bits per heavy atom. The van der Waals surface area contributed by atoms with E-state index in [2.05, 4.69) is 33.2 Å². The smallest absolute Gasteiger partial charge is 0.227 e. The van der Waals surface area contributed by atoms with Crippen LogP contribution in [0.5, 0.6) is 0 Å². The third-order valence-corrected chi connectivity index (χ3v) is 3.51.